The summed E-state index contributed by atoms with van der Waals surface area (Å²) in [6.07, 6.45) is 0.746. The average Bonchev–Trinajstić information content (AvgIpc) is 3.25. The van der Waals surface area contributed by atoms with E-state index in [1.165, 1.54) is 9.13 Å². The largest absolute Gasteiger partial charge is 0.445 e. The number of aromatic nitrogens is 2. The van der Waals surface area contributed by atoms with Gasteiger partial charge in [-0.15, -0.1) is 0 Å². The number of para-hydroxylation sites is 1. The number of nitrogens with one attached hydrogen (secondary N) is 1. The van der Waals surface area contributed by atoms with Crippen molar-refractivity contribution in [1.82, 2.24) is 24.3 Å². The minimum Gasteiger partial charge on any atom is -0.445 e. The molecule has 2 atom stereocenters. The van der Waals surface area contributed by atoms with Crippen molar-refractivity contribution in [2.24, 2.45) is 7.05 Å². The van der Waals surface area contributed by atoms with Gasteiger partial charge >= 0.3 is 11.8 Å². The molecule has 2 fully saturated rings. The van der Waals surface area contributed by atoms with Gasteiger partial charge < -0.3 is 14.4 Å². The number of hydrogen-bond donors (Lipinski definition) is 1. The Hall–Kier alpha value is -4.40. The van der Waals surface area contributed by atoms with Crippen LogP contribution in [-0.4, -0.2) is 82.8 Å². The molecular formula is C31H35N5O6. The maximum atomic E-state index is 13.1. The number of amides is 3. The number of imidazole rings is 1. The van der Waals surface area contributed by atoms with Crippen molar-refractivity contribution in [2.45, 2.75) is 38.0 Å². The first-order chi connectivity index (χ1) is 20.3. The minimum absolute atomic E-state index is 0.0308. The third-order valence-corrected chi connectivity index (χ3v) is 7.68. The van der Waals surface area contributed by atoms with Crippen LogP contribution in [0, 0.1) is 11.8 Å². The average molecular weight is 574 g/mol. The highest BCUT2D eigenvalue weighted by molar-refractivity contribution is 6.00. The fourth-order valence-corrected chi connectivity index (χ4v) is 5.37. The molecule has 2 aromatic carbocycles. The molecular weight excluding hydrogens is 538 g/mol. The number of nitrogens with zero attached hydrogens (tertiary/aromatic N) is 4. The van der Waals surface area contributed by atoms with E-state index in [0.717, 1.165) is 12.1 Å². The third kappa shape index (κ3) is 6.56. The molecule has 5 rings (SSSR count). The molecule has 1 aromatic heterocycles. The van der Waals surface area contributed by atoms with Gasteiger partial charge in [0.2, 0.25) is 11.8 Å². The van der Waals surface area contributed by atoms with Crippen LogP contribution in [0.5, 0.6) is 0 Å². The van der Waals surface area contributed by atoms with E-state index in [4.69, 9.17) is 9.47 Å². The number of rotatable bonds is 7. The molecule has 2 aliphatic heterocycles. The van der Waals surface area contributed by atoms with Crippen LogP contribution in [0.3, 0.4) is 0 Å². The number of aryl methyl sites for hydroxylation is 1. The van der Waals surface area contributed by atoms with Crippen molar-refractivity contribution in [3.63, 3.8) is 0 Å². The van der Waals surface area contributed by atoms with Crippen LogP contribution in [0.25, 0.3) is 11.0 Å². The summed E-state index contributed by atoms with van der Waals surface area (Å²) in [5, 5.41) is 2.33. The van der Waals surface area contributed by atoms with Gasteiger partial charge in [-0.3, -0.25) is 28.9 Å². The van der Waals surface area contributed by atoms with Gasteiger partial charge in [-0.1, -0.05) is 48.2 Å². The lowest BCUT2D eigenvalue weighted by molar-refractivity contribution is -0.135. The third-order valence-electron chi connectivity index (χ3n) is 7.68. The maximum Gasteiger partial charge on any atom is 0.409 e. The van der Waals surface area contributed by atoms with E-state index in [1.54, 1.807) is 25.1 Å². The van der Waals surface area contributed by atoms with Crippen molar-refractivity contribution in [1.29, 1.82) is 0 Å². The molecule has 0 saturated carbocycles. The first kappa shape index (κ1) is 29.1. The van der Waals surface area contributed by atoms with Crippen LogP contribution in [0.1, 0.15) is 36.4 Å². The molecule has 2 saturated heterocycles. The zero-order valence-corrected chi connectivity index (χ0v) is 23.9. The van der Waals surface area contributed by atoms with Crippen LogP contribution < -0.4 is 11.0 Å². The van der Waals surface area contributed by atoms with Gasteiger partial charge in [0, 0.05) is 40.2 Å². The summed E-state index contributed by atoms with van der Waals surface area (Å²) >= 11 is 0. The van der Waals surface area contributed by atoms with E-state index in [-0.39, 0.29) is 43.2 Å². The Morgan fingerprint density at radius 3 is 2.74 bits per heavy atom. The zero-order chi connectivity index (χ0) is 29.6. The van der Waals surface area contributed by atoms with Gasteiger partial charge in [0.05, 0.1) is 35.9 Å². The van der Waals surface area contributed by atoms with E-state index < -0.39 is 11.9 Å². The summed E-state index contributed by atoms with van der Waals surface area (Å²) in [4.78, 5) is 53.4. The van der Waals surface area contributed by atoms with Crippen LogP contribution in [-0.2, 0) is 32.7 Å². The fourth-order valence-electron chi connectivity index (χ4n) is 5.37. The van der Waals surface area contributed by atoms with Crippen molar-refractivity contribution < 1.29 is 23.9 Å². The van der Waals surface area contributed by atoms with E-state index >= 15 is 0 Å². The van der Waals surface area contributed by atoms with E-state index in [9.17, 15) is 19.2 Å². The molecule has 0 aliphatic carbocycles. The Labute approximate surface area is 244 Å². The molecule has 0 radical (unpaired) electrons. The highest BCUT2D eigenvalue weighted by Gasteiger charge is 2.31. The Morgan fingerprint density at radius 2 is 1.95 bits per heavy atom. The second-order valence-electron chi connectivity index (χ2n) is 10.6. The van der Waals surface area contributed by atoms with Crippen molar-refractivity contribution in [3.8, 4) is 11.8 Å². The maximum absolute atomic E-state index is 13.1. The molecule has 3 amide bonds. The molecule has 0 spiro atoms. The first-order valence-corrected chi connectivity index (χ1v) is 14.1. The van der Waals surface area contributed by atoms with E-state index in [1.807, 2.05) is 42.5 Å². The predicted molar refractivity (Wildman–Crippen MR) is 156 cm³/mol. The molecule has 42 heavy (non-hydrogen) atoms. The number of carbonyl (C=O) groups excluding carboxylic acids is 3. The smallest absolute Gasteiger partial charge is 0.409 e. The number of carbonyl (C=O) groups is 3. The molecule has 1 N–H and O–H groups in total. The summed E-state index contributed by atoms with van der Waals surface area (Å²) in [6.45, 7) is 3.28. The molecule has 11 heteroatoms. The number of ether oxygens (including phenoxy) is 2. The Bertz CT molecular complexity index is 1580. The van der Waals surface area contributed by atoms with Gasteiger partial charge in [0.15, 0.2) is 0 Å². The second kappa shape index (κ2) is 13.1. The molecule has 0 bridgehead atoms. The molecule has 220 valence electrons. The SMILES string of the molecule is CN(CC[C@@H]1CN(CC#Cc2cccc3c2n(C)c(=O)n3C2CCC(=O)NC2=O)CCO1)C(=O)OCc1ccccc1. The number of morpholine rings is 1. The summed E-state index contributed by atoms with van der Waals surface area (Å²) < 4.78 is 14.3. The van der Waals surface area contributed by atoms with Crippen molar-refractivity contribution in [2.75, 3.05) is 39.8 Å². The fraction of sp³-hybridized carbons (Fsp3) is 0.419. The van der Waals surface area contributed by atoms with Crippen LogP contribution in [0.2, 0.25) is 0 Å². The molecule has 3 aromatic rings. The highest BCUT2D eigenvalue weighted by Crippen LogP contribution is 2.24. The molecule has 11 nitrogen and oxygen atoms in total. The number of hydrogen-bond acceptors (Lipinski definition) is 7. The zero-order valence-electron chi connectivity index (χ0n) is 23.9. The lowest BCUT2D eigenvalue weighted by Gasteiger charge is -2.32. The number of fused-ring (bicyclic) bond motifs is 1. The predicted octanol–water partition coefficient (Wildman–Crippen LogP) is 2.03. The van der Waals surface area contributed by atoms with E-state index in [0.29, 0.717) is 49.3 Å². The second-order valence-corrected chi connectivity index (χ2v) is 10.6. The first-order valence-electron chi connectivity index (χ1n) is 14.1. The lowest BCUT2D eigenvalue weighted by atomic mass is 10.1. The summed E-state index contributed by atoms with van der Waals surface area (Å²) in [7, 11) is 3.39. The van der Waals surface area contributed by atoms with Crippen molar-refractivity contribution >= 4 is 28.9 Å². The Morgan fingerprint density at radius 1 is 1.14 bits per heavy atom. The Kier molecular flexibility index (Phi) is 9.05. The number of benzene rings is 2. The number of piperidine rings is 1. The normalized spacial score (nSPS) is 19.2. The summed E-state index contributed by atoms with van der Waals surface area (Å²) in [6, 6.07) is 14.3. The molecule has 3 heterocycles. The quantitative estimate of drug-likeness (QED) is 0.340. The molecule has 2 aliphatic rings. The van der Waals surface area contributed by atoms with E-state index in [2.05, 4.69) is 22.1 Å². The topological polar surface area (TPSA) is 115 Å². The summed E-state index contributed by atoms with van der Waals surface area (Å²) in [5.41, 5.74) is 2.58. The van der Waals surface area contributed by atoms with Crippen LogP contribution in [0.15, 0.2) is 53.3 Å². The van der Waals surface area contributed by atoms with Crippen molar-refractivity contribution in [3.05, 3.63) is 70.1 Å². The Balaban J connectivity index is 1.18. The number of imide groups is 1. The van der Waals surface area contributed by atoms with Gasteiger partial charge in [0.25, 0.3) is 0 Å². The highest BCUT2D eigenvalue weighted by atomic mass is 16.6. The van der Waals surface area contributed by atoms with Gasteiger partial charge in [-0.05, 0) is 30.5 Å². The monoisotopic (exact) mass is 573 g/mol. The van der Waals surface area contributed by atoms with Gasteiger partial charge in [-0.2, -0.15) is 0 Å². The van der Waals surface area contributed by atoms with Gasteiger partial charge in [0.1, 0.15) is 12.6 Å². The lowest BCUT2D eigenvalue weighted by Crippen LogP contribution is -2.44. The minimum atomic E-state index is -0.739. The standard InChI is InChI=1S/C31H35N5O6/c1-33(31(40)42-21-22-8-4-3-5-9-22)17-15-24-20-35(18-19-41-24)16-7-11-23-10-6-12-25-28(23)34(2)30(39)36(25)26-13-14-27(37)32-29(26)38/h3-6,8-10,12,24,26H,13-21H2,1-2H3,(H,32,37,38)/t24-,26?/m1/s1. The summed E-state index contributed by atoms with van der Waals surface area (Å²) in [5.74, 6) is 5.66. The van der Waals surface area contributed by atoms with Crippen LogP contribution >= 0.6 is 0 Å². The van der Waals surface area contributed by atoms with Gasteiger partial charge in [-0.25, -0.2) is 9.59 Å². The van der Waals surface area contributed by atoms with Crippen LogP contribution in [0.4, 0.5) is 4.79 Å². The molecule has 1 unspecified atom stereocenters.